The average molecular weight is 275 g/mol. The first kappa shape index (κ1) is 14.2. The zero-order valence-corrected chi connectivity index (χ0v) is 11.8. The molecule has 1 aliphatic heterocycles. The quantitative estimate of drug-likeness (QED) is 0.850. The molecule has 0 fully saturated rings. The first-order valence-electron chi connectivity index (χ1n) is 6.38. The Bertz CT molecular complexity index is 604. The van der Waals surface area contributed by atoms with Crippen molar-refractivity contribution in [3.8, 4) is 0 Å². The number of amides is 2. The SMILES string of the molecule is CN1C(=O)Cc2ccc(C(C)(C)CC(=O)O)cc2C1=O. The first-order chi connectivity index (χ1) is 9.22. The number of imide groups is 1. The number of carboxylic acid groups (broad SMARTS) is 1. The summed E-state index contributed by atoms with van der Waals surface area (Å²) in [7, 11) is 1.46. The van der Waals surface area contributed by atoms with Gasteiger partial charge in [-0.05, 0) is 17.2 Å². The van der Waals surface area contributed by atoms with Gasteiger partial charge in [-0.2, -0.15) is 0 Å². The molecule has 2 amide bonds. The van der Waals surface area contributed by atoms with E-state index >= 15 is 0 Å². The lowest BCUT2D eigenvalue weighted by molar-refractivity contribution is -0.138. The molecule has 0 aliphatic carbocycles. The fourth-order valence-electron chi connectivity index (χ4n) is 2.41. The van der Waals surface area contributed by atoms with Crippen molar-refractivity contribution < 1.29 is 19.5 Å². The molecule has 1 aromatic carbocycles. The van der Waals surface area contributed by atoms with Crippen molar-refractivity contribution in [2.45, 2.75) is 32.1 Å². The predicted octanol–water partition coefficient (Wildman–Crippen LogP) is 1.59. The largest absolute Gasteiger partial charge is 0.481 e. The van der Waals surface area contributed by atoms with Crippen LogP contribution < -0.4 is 0 Å². The van der Waals surface area contributed by atoms with Crippen molar-refractivity contribution in [2.24, 2.45) is 0 Å². The van der Waals surface area contributed by atoms with Crippen molar-refractivity contribution in [1.29, 1.82) is 0 Å². The second kappa shape index (κ2) is 4.74. The monoisotopic (exact) mass is 275 g/mol. The van der Waals surface area contributed by atoms with E-state index in [9.17, 15) is 14.4 Å². The van der Waals surface area contributed by atoms with Gasteiger partial charge in [0.05, 0.1) is 12.8 Å². The topological polar surface area (TPSA) is 74.7 Å². The number of hydrogen-bond acceptors (Lipinski definition) is 3. The van der Waals surface area contributed by atoms with Crippen molar-refractivity contribution in [1.82, 2.24) is 4.90 Å². The van der Waals surface area contributed by atoms with Gasteiger partial charge in [0.15, 0.2) is 0 Å². The maximum Gasteiger partial charge on any atom is 0.304 e. The number of aliphatic carboxylic acids is 1. The fraction of sp³-hybridized carbons (Fsp3) is 0.400. The van der Waals surface area contributed by atoms with Crippen LogP contribution in [0.25, 0.3) is 0 Å². The van der Waals surface area contributed by atoms with Gasteiger partial charge in [0.2, 0.25) is 5.91 Å². The lowest BCUT2D eigenvalue weighted by Gasteiger charge is -2.27. The van der Waals surface area contributed by atoms with E-state index in [2.05, 4.69) is 0 Å². The van der Waals surface area contributed by atoms with Gasteiger partial charge in [0, 0.05) is 18.0 Å². The smallest absolute Gasteiger partial charge is 0.304 e. The van der Waals surface area contributed by atoms with Crippen LogP contribution in [0.5, 0.6) is 0 Å². The highest BCUT2D eigenvalue weighted by atomic mass is 16.4. The summed E-state index contributed by atoms with van der Waals surface area (Å²) in [5.41, 5.74) is 1.41. The van der Waals surface area contributed by atoms with E-state index in [1.165, 1.54) is 7.05 Å². The molecule has 0 atom stereocenters. The molecule has 1 aliphatic rings. The summed E-state index contributed by atoms with van der Waals surface area (Å²) < 4.78 is 0. The fourth-order valence-corrected chi connectivity index (χ4v) is 2.41. The van der Waals surface area contributed by atoms with E-state index in [0.717, 1.165) is 10.5 Å². The molecule has 0 aromatic heterocycles. The van der Waals surface area contributed by atoms with Gasteiger partial charge >= 0.3 is 5.97 Å². The minimum absolute atomic E-state index is 0.0191. The normalized spacial score (nSPS) is 15.2. The number of rotatable bonds is 3. The average Bonchev–Trinajstić information content (AvgIpc) is 2.34. The van der Waals surface area contributed by atoms with E-state index < -0.39 is 11.4 Å². The zero-order valence-electron chi connectivity index (χ0n) is 11.8. The highest BCUT2D eigenvalue weighted by Crippen LogP contribution is 2.30. The molecule has 1 aromatic rings. The number of carboxylic acids is 1. The first-order valence-corrected chi connectivity index (χ1v) is 6.38. The summed E-state index contributed by atoms with van der Waals surface area (Å²) >= 11 is 0. The number of fused-ring (bicyclic) bond motifs is 1. The Morgan fingerprint density at radius 2 is 2.00 bits per heavy atom. The van der Waals surface area contributed by atoms with Gasteiger partial charge in [-0.15, -0.1) is 0 Å². The van der Waals surface area contributed by atoms with E-state index in [-0.39, 0.29) is 24.7 Å². The molecule has 0 saturated carbocycles. The summed E-state index contributed by atoms with van der Waals surface area (Å²) in [6, 6.07) is 5.26. The molecule has 5 heteroatoms. The molecule has 2 rings (SSSR count). The molecule has 1 heterocycles. The van der Waals surface area contributed by atoms with Gasteiger partial charge in [-0.25, -0.2) is 0 Å². The van der Waals surface area contributed by atoms with Gasteiger partial charge in [0.25, 0.3) is 5.91 Å². The standard InChI is InChI=1S/C15H17NO4/c1-15(2,8-13(18)19)10-5-4-9-6-12(17)16(3)14(20)11(9)7-10/h4-5,7H,6,8H2,1-3H3,(H,18,19). The van der Waals surface area contributed by atoms with Crippen LogP contribution in [-0.2, 0) is 21.4 Å². The summed E-state index contributed by atoms with van der Waals surface area (Å²) in [5, 5.41) is 8.96. The maximum atomic E-state index is 12.1. The molecule has 1 N–H and O–H groups in total. The molecular weight excluding hydrogens is 258 g/mol. The summed E-state index contributed by atoms with van der Waals surface area (Å²) in [5.74, 6) is -1.43. The Morgan fingerprint density at radius 1 is 1.35 bits per heavy atom. The van der Waals surface area contributed by atoms with Gasteiger partial charge in [0.1, 0.15) is 0 Å². The van der Waals surface area contributed by atoms with Crippen LogP contribution in [0.1, 0.15) is 41.8 Å². The van der Waals surface area contributed by atoms with Gasteiger partial charge in [-0.3, -0.25) is 19.3 Å². The molecule has 0 unspecified atom stereocenters. The third-order valence-electron chi connectivity index (χ3n) is 3.74. The van der Waals surface area contributed by atoms with Crippen molar-refractivity contribution >= 4 is 17.8 Å². The Labute approximate surface area is 117 Å². The number of nitrogens with zero attached hydrogens (tertiary/aromatic N) is 1. The van der Waals surface area contributed by atoms with E-state index in [4.69, 9.17) is 5.11 Å². The minimum Gasteiger partial charge on any atom is -0.481 e. The molecular formula is C15H17NO4. The Hall–Kier alpha value is -2.17. The van der Waals surface area contributed by atoms with E-state index in [0.29, 0.717) is 11.1 Å². The molecule has 0 spiro atoms. The molecule has 0 radical (unpaired) electrons. The molecule has 0 bridgehead atoms. The summed E-state index contributed by atoms with van der Waals surface area (Å²) in [4.78, 5) is 35.8. The van der Waals surface area contributed by atoms with Crippen LogP contribution in [0, 0.1) is 0 Å². The molecule has 106 valence electrons. The number of hydrogen-bond donors (Lipinski definition) is 1. The highest BCUT2D eigenvalue weighted by Gasteiger charge is 2.31. The second-order valence-corrected chi connectivity index (χ2v) is 5.76. The molecule has 5 nitrogen and oxygen atoms in total. The lowest BCUT2D eigenvalue weighted by atomic mass is 9.79. The van der Waals surface area contributed by atoms with Crippen LogP contribution in [0.4, 0.5) is 0 Å². The number of likely N-dealkylation sites (N-methyl/N-ethyl adjacent to an activating group) is 1. The molecule has 20 heavy (non-hydrogen) atoms. The third kappa shape index (κ3) is 2.43. The highest BCUT2D eigenvalue weighted by molar-refractivity contribution is 6.09. The van der Waals surface area contributed by atoms with E-state index in [1.54, 1.807) is 18.2 Å². The Morgan fingerprint density at radius 3 is 2.60 bits per heavy atom. The minimum atomic E-state index is -0.883. The predicted molar refractivity (Wildman–Crippen MR) is 72.5 cm³/mol. The van der Waals surface area contributed by atoms with Crippen LogP contribution in [-0.4, -0.2) is 34.8 Å². The Balaban J connectivity index is 2.44. The number of carbonyl (C=O) groups is 3. The van der Waals surface area contributed by atoms with Crippen molar-refractivity contribution in [3.05, 3.63) is 34.9 Å². The molecule has 0 saturated heterocycles. The van der Waals surface area contributed by atoms with Crippen molar-refractivity contribution in [3.63, 3.8) is 0 Å². The van der Waals surface area contributed by atoms with Crippen LogP contribution in [0.2, 0.25) is 0 Å². The summed E-state index contributed by atoms with van der Waals surface area (Å²) in [6.07, 6.45) is 0.186. The van der Waals surface area contributed by atoms with Crippen LogP contribution in [0.3, 0.4) is 0 Å². The number of carbonyl (C=O) groups excluding carboxylic acids is 2. The van der Waals surface area contributed by atoms with Gasteiger partial charge < -0.3 is 5.11 Å². The summed E-state index contributed by atoms with van der Waals surface area (Å²) in [6.45, 7) is 3.65. The van der Waals surface area contributed by atoms with Crippen LogP contribution in [0.15, 0.2) is 18.2 Å². The maximum absolute atomic E-state index is 12.1. The van der Waals surface area contributed by atoms with Crippen LogP contribution >= 0.6 is 0 Å². The van der Waals surface area contributed by atoms with Gasteiger partial charge in [-0.1, -0.05) is 26.0 Å². The number of benzene rings is 1. The lowest BCUT2D eigenvalue weighted by Crippen LogP contribution is -2.39. The Kier molecular flexibility index (Phi) is 3.38. The van der Waals surface area contributed by atoms with Crippen molar-refractivity contribution in [2.75, 3.05) is 7.05 Å². The zero-order chi connectivity index (χ0) is 15.1. The third-order valence-corrected chi connectivity index (χ3v) is 3.74. The second-order valence-electron chi connectivity index (χ2n) is 5.76. The van der Waals surface area contributed by atoms with E-state index in [1.807, 2.05) is 13.8 Å².